The van der Waals surface area contributed by atoms with Crippen molar-refractivity contribution in [3.63, 3.8) is 0 Å². The summed E-state index contributed by atoms with van der Waals surface area (Å²) in [6.07, 6.45) is 3.67. The molecule has 0 atom stereocenters. The van der Waals surface area contributed by atoms with E-state index in [1.54, 1.807) is 0 Å². The highest BCUT2D eigenvalue weighted by molar-refractivity contribution is 5.42. The Morgan fingerprint density at radius 2 is 2.14 bits per heavy atom. The summed E-state index contributed by atoms with van der Waals surface area (Å²) in [5, 5.41) is 3.38. The van der Waals surface area contributed by atoms with E-state index in [-0.39, 0.29) is 0 Å². The molecule has 1 aliphatic carbocycles. The molecule has 0 saturated heterocycles. The number of nitrogens with zero attached hydrogens (tertiary/aromatic N) is 2. The van der Waals surface area contributed by atoms with Crippen LogP contribution in [0.3, 0.4) is 0 Å². The Labute approximate surface area is 128 Å². The third-order valence-electron chi connectivity index (χ3n) is 3.88. The Morgan fingerprint density at radius 1 is 1.33 bits per heavy atom. The molecule has 0 amide bonds. The Hall–Kier alpha value is -1.13. The number of aromatic nitrogens is 1. The van der Waals surface area contributed by atoms with Crippen LogP contribution >= 0.6 is 0 Å². The molecule has 4 nitrogen and oxygen atoms in total. The summed E-state index contributed by atoms with van der Waals surface area (Å²) in [4.78, 5) is 6.92. The second-order valence-corrected chi connectivity index (χ2v) is 5.90. The third-order valence-corrected chi connectivity index (χ3v) is 3.88. The van der Waals surface area contributed by atoms with Crippen LogP contribution in [-0.2, 0) is 17.7 Å². The number of aryl methyl sites for hydroxylation is 1. The van der Waals surface area contributed by atoms with E-state index in [1.165, 1.54) is 18.4 Å². The Kier molecular flexibility index (Phi) is 6.46. The molecule has 1 aliphatic rings. The molecule has 1 heterocycles. The Balaban J connectivity index is 1.88. The van der Waals surface area contributed by atoms with Gasteiger partial charge in [0, 0.05) is 32.4 Å². The van der Waals surface area contributed by atoms with Gasteiger partial charge in [-0.15, -0.1) is 0 Å². The van der Waals surface area contributed by atoms with Crippen LogP contribution in [0.5, 0.6) is 0 Å². The maximum absolute atomic E-state index is 5.72. The third kappa shape index (κ3) is 5.64. The smallest absolute Gasteiger partial charge is 0.128 e. The molecule has 1 aromatic heterocycles. The van der Waals surface area contributed by atoms with Gasteiger partial charge in [-0.05, 0) is 49.4 Å². The molecule has 0 aliphatic heterocycles. The lowest BCUT2D eigenvalue weighted by atomic mass is 10.2. The quantitative estimate of drug-likeness (QED) is 0.672. The number of likely N-dealkylation sites (N-methyl/N-ethyl adjacent to an activating group) is 1. The van der Waals surface area contributed by atoms with Gasteiger partial charge in [0.1, 0.15) is 5.82 Å². The number of rotatable bonds is 10. The fraction of sp³-hybridized carbons (Fsp3) is 0.706. The van der Waals surface area contributed by atoms with Gasteiger partial charge in [-0.25, -0.2) is 4.98 Å². The van der Waals surface area contributed by atoms with Crippen molar-refractivity contribution in [3.05, 3.63) is 23.4 Å². The van der Waals surface area contributed by atoms with Gasteiger partial charge in [0.25, 0.3) is 0 Å². The fourth-order valence-electron chi connectivity index (χ4n) is 2.23. The van der Waals surface area contributed by atoms with Crippen LogP contribution in [-0.4, -0.2) is 38.3 Å². The van der Waals surface area contributed by atoms with Gasteiger partial charge in [-0.1, -0.05) is 13.8 Å². The van der Waals surface area contributed by atoms with E-state index in [1.807, 2.05) is 0 Å². The zero-order chi connectivity index (χ0) is 15.1. The van der Waals surface area contributed by atoms with Crippen molar-refractivity contribution in [2.45, 2.75) is 39.7 Å². The van der Waals surface area contributed by atoms with Gasteiger partial charge >= 0.3 is 0 Å². The van der Waals surface area contributed by atoms with E-state index in [0.717, 1.165) is 56.7 Å². The number of ether oxygens (including phenoxy) is 1. The molecule has 0 radical (unpaired) electrons. The summed E-state index contributed by atoms with van der Waals surface area (Å²) in [5.41, 5.74) is 2.47. The van der Waals surface area contributed by atoms with Crippen molar-refractivity contribution >= 4 is 5.82 Å². The lowest BCUT2D eigenvalue weighted by Gasteiger charge is -2.20. The van der Waals surface area contributed by atoms with E-state index >= 15 is 0 Å². The van der Waals surface area contributed by atoms with Crippen LogP contribution < -0.4 is 10.2 Å². The van der Waals surface area contributed by atoms with Crippen molar-refractivity contribution in [2.24, 2.45) is 5.92 Å². The molecular weight excluding hydrogens is 262 g/mol. The monoisotopic (exact) mass is 291 g/mol. The van der Waals surface area contributed by atoms with Gasteiger partial charge < -0.3 is 15.0 Å². The molecule has 2 rings (SSSR count). The molecule has 21 heavy (non-hydrogen) atoms. The van der Waals surface area contributed by atoms with Crippen LogP contribution in [0.4, 0.5) is 5.82 Å². The second-order valence-electron chi connectivity index (χ2n) is 5.90. The number of anilines is 1. The normalized spacial score (nSPS) is 14.4. The first-order valence-electron chi connectivity index (χ1n) is 8.22. The minimum absolute atomic E-state index is 0.785. The van der Waals surface area contributed by atoms with E-state index in [4.69, 9.17) is 9.72 Å². The number of hydrogen-bond acceptors (Lipinski definition) is 4. The minimum atomic E-state index is 0.785. The largest absolute Gasteiger partial charge is 0.379 e. The van der Waals surface area contributed by atoms with E-state index in [2.05, 4.69) is 43.2 Å². The molecule has 1 saturated carbocycles. The molecule has 1 N–H and O–H groups in total. The van der Waals surface area contributed by atoms with Crippen molar-refractivity contribution in [3.8, 4) is 0 Å². The first-order valence-corrected chi connectivity index (χ1v) is 8.22. The molecular formula is C17H29N3O. The molecule has 0 unspecified atom stereocenters. The standard InChI is InChI=1S/C17H29N3O/c1-4-16-10-15(12-18-5-2)11-17(19-16)20(3)8-9-21-13-14-6-7-14/h10-11,14,18H,4-9,12-13H2,1-3H3. The summed E-state index contributed by atoms with van der Waals surface area (Å²) < 4.78 is 5.72. The average Bonchev–Trinajstić information content (AvgIpc) is 3.33. The lowest BCUT2D eigenvalue weighted by molar-refractivity contribution is 0.131. The summed E-state index contributed by atoms with van der Waals surface area (Å²) >= 11 is 0. The summed E-state index contributed by atoms with van der Waals surface area (Å²) in [6.45, 7) is 8.80. The predicted molar refractivity (Wildman–Crippen MR) is 87.8 cm³/mol. The number of pyridine rings is 1. The Bertz CT molecular complexity index is 432. The van der Waals surface area contributed by atoms with Crippen molar-refractivity contribution in [2.75, 3.05) is 38.3 Å². The molecule has 118 valence electrons. The molecule has 0 spiro atoms. The van der Waals surface area contributed by atoms with Crippen molar-refractivity contribution in [1.29, 1.82) is 0 Å². The van der Waals surface area contributed by atoms with Gasteiger partial charge in [0.2, 0.25) is 0 Å². The van der Waals surface area contributed by atoms with Gasteiger partial charge in [-0.2, -0.15) is 0 Å². The molecule has 0 bridgehead atoms. The molecule has 1 fully saturated rings. The van der Waals surface area contributed by atoms with Crippen LogP contribution in [0.25, 0.3) is 0 Å². The maximum Gasteiger partial charge on any atom is 0.128 e. The zero-order valence-electron chi connectivity index (χ0n) is 13.7. The maximum atomic E-state index is 5.72. The van der Waals surface area contributed by atoms with Crippen LogP contribution in [0.2, 0.25) is 0 Å². The fourth-order valence-corrected chi connectivity index (χ4v) is 2.23. The minimum Gasteiger partial charge on any atom is -0.379 e. The first kappa shape index (κ1) is 16.2. The first-order chi connectivity index (χ1) is 10.2. The summed E-state index contributed by atoms with van der Waals surface area (Å²) in [7, 11) is 2.10. The van der Waals surface area contributed by atoms with E-state index in [9.17, 15) is 0 Å². The van der Waals surface area contributed by atoms with Crippen molar-refractivity contribution < 1.29 is 4.74 Å². The average molecular weight is 291 g/mol. The topological polar surface area (TPSA) is 37.4 Å². The lowest BCUT2D eigenvalue weighted by Crippen LogP contribution is -2.24. The van der Waals surface area contributed by atoms with E-state index in [0.29, 0.717) is 0 Å². The highest BCUT2D eigenvalue weighted by Crippen LogP contribution is 2.28. The van der Waals surface area contributed by atoms with E-state index < -0.39 is 0 Å². The van der Waals surface area contributed by atoms with Gasteiger partial charge in [0.15, 0.2) is 0 Å². The van der Waals surface area contributed by atoms with Gasteiger partial charge in [-0.3, -0.25) is 0 Å². The second kappa shape index (κ2) is 8.35. The SMILES string of the molecule is CCNCc1cc(CC)nc(N(C)CCOCC2CC2)c1. The van der Waals surface area contributed by atoms with Crippen molar-refractivity contribution in [1.82, 2.24) is 10.3 Å². The van der Waals surface area contributed by atoms with Crippen LogP contribution in [0, 0.1) is 5.92 Å². The number of nitrogens with one attached hydrogen (secondary N) is 1. The zero-order valence-corrected chi connectivity index (χ0v) is 13.7. The molecule has 1 aromatic rings. The Morgan fingerprint density at radius 3 is 2.81 bits per heavy atom. The predicted octanol–water partition coefficient (Wildman–Crippen LogP) is 2.62. The van der Waals surface area contributed by atoms with Gasteiger partial charge in [0.05, 0.1) is 6.61 Å². The number of hydrogen-bond donors (Lipinski definition) is 1. The summed E-state index contributed by atoms with van der Waals surface area (Å²) in [6, 6.07) is 4.38. The summed E-state index contributed by atoms with van der Waals surface area (Å²) in [5.74, 6) is 1.89. The highest BCUT2D eigenvalue weighted by Gasteiger charge is 2.21. The highest BCUT2D eigenvalue weighted by atomic mass is 16.5. The molecule has 0 aromatic carbocycles. The van der Waals surface area contributed by atoms with Crippen LogP contribution in [0.1, 0.15) is 37.9 Å². The molecule has 4 heteroatoms. The van der Waals surface area contributed by atoms with Crippen LogP contribution in [0.15, 0.2) is 12.1 Å².